The fraction of sp³-hybridized carbons (Fsp3) is 0.625. The lowest BCUT2D eigenvalue weighted by Gasteiger charge is -2.01. The SMILES string of the molecule is COC(=O)CCCn1nncc1C. The van der Waals surface area contributed by atoms with Gasteiger partial charge < -0.3 is 4.74 Å². The van der Waals surface area contributed by atoms with Crippen molar-refractivity contribution in [1.82, 2.24) is 15.0 Å². The predicted molar refractivity (Wildman–Crippen MR) is 46.0 cm³/mol. The first-order chi connectivity index (χ1) is 6.24. The molecule has 0 aliphatic carbocycles. The lowest BCUT2D eigenvalue weighted by Crippen LogP contribution is -2.06. The minimum atomic E-state index is -0.183. The number of aromatic nitrogens is 3. The first-order valence-electron chi connectivity index (χ1n) is 4.16. The minimum absolute atomic E-state index is 0.183. The average molecular weight is 183 g/mol. The molecule has 5 heteroatoms. The summed E-state index contributed by atoms with van der Waals surface area (Å²) < 4.78 is 6.28. The molecule has 1 rings (SSSR count). The van der Waals surface area contributed by atoms with Crippen LogP contribution in [0.25, 0.3) is 0 Å². The summed E-state index contributed by atoms with van der Waals surface area (Å²) >= 11 is 0. The van der Waals surface area contributed by atoms with Gasteiger partial charge in [0.05, 0.1) is 19.0 Å². The van der Waals surface area contributed by atoms with Gasteiger partial charge in [-0.15, -0.1) is 5.10 Å². The van der Waals surface area contributed by atoms with Crippen LogP contribution in [-0.4, -0.2) is 28.1 Å². The van der Waals surface area contributed by atoms with Crippen LogP contribution in [0, 0.1) is 6.92 Å². The number of ether oxygens (including phenoxy) is 1. The van der Waals surface area contributed by atoms with Crippen LogP contribution in [0.3, 0.4) is 0 Å². The summed E-state index contributed by atoms with van der Waals surface area (Å²) in [6.45, 7) is 2.64. The second kappa shape index (κ2) is 4.59. The van der Waals surface area contributed by atoms with E-state index >= 15 is 0 Å². The van der Waals surface area contributed by atoms with E-state index in [4.69, 9.17) is 0 Å². The molecule has 0 saturated heterocycles. The molecule has 0 unspecified atom stereocenters. The van der Waals surface area contributed by atoms with Crippen LogP contribution < -0.4 is 0 Å². The summed E-state index contributed by atoms with van der Waals surface area (Å²) in [7, 11) is 1.39. The molecule has 0 aliphatic rings. The van der Waals surface area contributed by atoms with Crippen LogP contribution in [0.5, 0.6) is 0 Å². The highest BCUT2D eigenvalue weighted by molar-refractivity contribution is 5.68. The molecule has 13 heavy (non-hydrogen) atoms. The summed E-state index contributed by atoms with van der Waals surface area (Å²) in [5, 5.41) is 7.59. The van der Waals surface area contributed by atoms with E-state index in [0.29, 0.717) is 13.0 Å². The van der Waals surface area contributed by atoms with Gasteiger partial charge in [0.2, 0.25) is 0 Å². The van der Waals surface area contributed by atoms with Gasteiger partial charge in [0, 0.05) is 13.0 Å². The highest BCUT2D eigenvalue weighted by Gasteiger charge is 2.01. The van der Waals surface area contributed by atoms with E-state index in [-0.39, 0.29) is 5.97 Å². The summed E-state index contributed by atoms with van der Waals surface area (Å²) in [4.78, 5) is 10.8. The van der Waals surface area contributed by atoms with Crippen molar-refractivity contribution < 1.29 is 9.53 Å². The van der Waals surface area contributed by atoms with Crippen LogP contribution in [0.2, 0.25) is 0 Å². The Bertz CT molecular complexity index is 283. The molecule has 0 radical (unpaired) electrons. The largest absolute Gasteiger partial charge is 0.469 e. The fourth-order valence-corrected chi connectivity index (χ4v) is 1.01. The van der Waals surface area contributed by atoms with E-state index in [0.717, 1.165) is 12.1 Å². The van der Waals surface area contributed by atoms with Crippen molar-refractivity contribution in [2.24, 2.45) is 0 Å². The van der Waals surface area contributed by atoms with Crippen LogP contribution in [0.1, 0.15) is 18.5 Å². The van der Waals surface area contributed by atoms with Crippen LogP contribution >= 0.6 is 0 Å². The third-order valence-corrected chi connectivity index (χ3v) is 1.79. The number of carbonyl (C=O) groups excluding carboxylic acids is 1. The van der Waals surface area contributed by atoms with Gasteiger partial charge in [-0.3, -0.25) is 4.79 Å². The number of methoxy groups -OCH3 is 1. The molecule has 0 aromatic carbocycles. The molecule has 1 aromatic rings. The number of aryl methyl sites for hydroxylation is 2. The second-order valence-corrected chi connectivity index (χ2v) is 2.78. The van der Waals surface area contributed by atoms with E-state index in [1.807, 2.05) is 6.92 Å². The van der Waals surface area contributed by atoms with Crippen molar-refractivity contribution in [2.75, 3.05) is 7.11 Å². The van der Waals surface area contributed by atoms with Crippen molar-refractivity contribution in [3.63, 3.8) is 0 Å². The Balaban J connectivity index is 2.28. The predicted octanol–water partition coefficient (Wildman–Crippen LogP) is 0.540. The Kier molecular flexibility index (Phi) is 3.42. The van der Waals surface area contributed by atoms with Gasteiger partial charge in [0.1, 0.15) is 0 Å². The Morgan fingerprint density at radius 3 is 3.00 bits per heavy atom. The van der Waals surface area contributed by atoms with Crippen LogP contribution in [0.15, 0.2) is 6.20 Å². The molecule has 1 aromatic heterocycles. The van der Waals surface area contributed by atoms with E-state index in [1.165, 1.54) is 7.11 Å². The third kappa shape index (κ3) is 2.85. The molecule has 0 bridgehead atoms. The summed E-state index contributed by atoms with van der Waals surface area (Å²) in [6, 6.07) is 0. The van der Waals surface area contributed by atoms with Gasteiger partial charge in [0.15, 0.2) is 0 Å². The van der Waals surface area contributed by atoms with Gasteiger partial charge in [-0.2, -0.15) is 0 Å². The van der Waals surface area contributed by atoms with Crippen molar-refractivity contribution in [2.45, 2.75) is 26.3 Å². The molecule has 0 N–H and O–H groups in total. The Labute approximate surface area is 76.7 Å². The summed E-state index contributed by atoms with van der Waals surface area (Å²) in [6.07, 6.45) is 2.85. The van der Waals surface area contributed by atoms with Crippen molar-refractivity contribution in [3.8, 4) is 0 Å². The molecular weight excluding hydrogens is 170 g/mol. The number of nitrogens with zero attached hydrogens (tertiary/aromatic N) is 3. The quantitative estimate of drug-likeness (QED) is 0.639. The monoisotopic (exact) mass is 183 g/mol. The zero-order valence-corrected chi connectivity index (χ0v) is 7.86. The molecule has 1 heterocycles. The zero-order chi connectivity index (χ0) is 9.68. The summed E-state index contributed by atoms with van der Waals surface area (Å²) in [5.41, 5.74) is 1.00. The maximum Gasteiger partial charge on any atom is 0.305 e. The number of hydrogen-bond acceptors (Lipinski definition) is 4. The Morgan fingerprint density at radius 1 is 1.69 bits per heavy atom. The molecule has 0 amide bonds. The second-order valence-electron chi connectivity index (χ2n) is 2.78. The van der Waals surface area contributed by atoms with Gasteiger partial charge >= 0.3 is 5.97 Å². The lowest BCUT2D eigenvalue weighted by atomic mass is 10.3. The maximum absolute atomic E-state index is 10.8. The first kappa shape index (κ1) is 9.70. The van der Waals surface area contributed by atoms with Crippen molar-refractivity contribution in [3.05, 3.63) is 11.9 Å². The lowest BCUT2D eigenvalue weighted by molar-refractivity contribution is -0.140. The standard InChI is InChI=1S/C8H13N3O2/c1-7-6-9-10-11(7)5-3-4-8(12)13-2/h6H,3-5H2,1-2H3. The van der Waals surface area contributed by atoms with Gasteiger partial charge in [-0.25, -0.2) is 4.68 Å². The number of esters is 1. The van der Waals surface area contributed by atoms with Gasteiger partial charge in [-0.1, -0.05) is 5.21 Å². The highest BCUT2D eigenvalue weighted by Crippen LogP contribution is 1.98. The molecule has 0 fully saturated rings. The Hall–Kier alpha value is -1.39. The third-order valence-electron chi connectivity index (χ3n) is 1.79. The van der Waals surface area contributed by atoms with E-state index in [2.05, 4.69) is 15.0 Å². The van der Waals surface area contributed by atoms with E-state index < -0.39 is 0 Å². The molecule has 0 aliphatic heterocycles. The molecule has 0 atom stereocenters. The van der Waals surface area contributed by atoms with Crippen LogP contribution in [-0.2, 0) is 16.1 Å². The van der Waals surface area contributed by atoms with Crippen LogP contribution in [0.4, 0.5) is 0 Å². The molecule has 72 valence electrons. The van der Waals surface area contributed by atoms with E-state index in [1.54, 1.807) is 10.9 Å². The first-order valence-corrected chi connectivity index (χ1v) is 4.16. The topological polar surface area (TPSA) is 57.0 Å². The van der Waals surface area contributed by atoms with Gasteiger partial charge in [-0.05, 0) is 13.3 Å². The average Bonchev–Trinajstić information content (AvgIpc) is 2.52. The Morgan fingerprint density at radius 2 is 2.46 bits per heavy atom. The van der Waals surface area contributed by atoms with Gasteiger partial charge in [0.25, 0.3) is 0 Å². The highest BCUT2D eigenvalue weighted by atomic mass is 16.5. The number of rotatable bonds is 4. The van der Waals surface area contributed by atoms with E-state index in [9.17, 15) is 4.79 Å². The fourth-order valence-electron chi connectivity index (χ4n) is 1.01. The maximum atomic E-state index is 10.8. The number of hydrogen-bond donors (Lipinski definition) is 0. The molecule has 0 spiro atoms. The molecular formula is C8H13N3O2. The summed E-state index contributed by atoms with van der Waals surface area (Å²) in [5.74, 6) is -0.183. The molecule has 5 nitrogen and oxygen atoms in total. The number of carbonyl (C=O) groups is 1. The minimum Gasteiger partial charge on any atom is -0.469 e. The van der Waals surface area contributed by atoms with Crippen molar-refractivity contribution >= 4 is 5.97 Å². The zero-order valence-electron chi connectivity index (χ0n) is 7.86. The molecule has 0 saturated carbocycles. The normalized spacial score (nSPS) is 10.0. The smallest absolute Gasteiger partial charge is 0.305 e. The van der Waals surface area contributed by atoms with Crippen molar-refractivity contribution in [1.29, 1.82) is 0 Å².